The highest BCUT2D eigenvalue weighted by Crippen LogP contribution is 2.29. The van der Waals surface area contributed by atoms with Crippen molar-refractivity contribution in [2.45, 2.75) is 36.2 Å². The van der Waals surface area contributed by atoms with Crippen LogP contribution in [0.25, 0.3) is 0 Å². The highest BCUT2D eigenvalue weighted by molar-refractivity contribution is 7.89. The van der Waals surface area contributed by atoms with Gasteiger partial charge in [-0.1, -0.05) is 11.6 Å². The largest absolute Gasteiger partial charge is 0.388 e. The standard InChI is InChI=1S/C20H26ClN5O3S/c21-18-7-10-22-19(24-18)23-16-3-5-17(6-4-16)30(28,29)26-13-8-20(27,9-14-26)15-25-11-1-2-12-25/h3-7,10,27H,1-2,8-9,11-15H2,(H,22,23,24). The maximum atomic E-state index is 13.0. The summed E-state index contributed by atoms with van der Waals surface area (Å²) in [5.41, 5.74) is -0.143. The van der Waals surface area contributed by atoms with E-state index in [-0.39, 0.29) is 4.90 Å². The SMILES string of the molecule is O=S(=O)(c1ccc(Nc2nccc(Cl)n2)cc1)N1CCC(O)(CN2CCCC2)CC1. The number of likely N-dealkylation sites (tertiary alicyclic amines) is 1. The molecule has 2 aromatic rings. The van der Waals surface area contributed by atoms with Crippen molar-refractivity contribution in [2.24, 2.45) is 0 Å². The zero-order valence-corrected chi connectivity index (χ0v) is 18.2. The molecule has 0 bridgehead atoms. The van der Waals surface area contributed by atoms with E-state index >= 15 is 0 Å². The van der Waals surface area contributed by atoms with Crippen molar-refractivity contribution < 1.29 is 13.5 Å². The number of benzene rings is 1. The normalized spacial score (nSPS) is 20.3. The van der Waals surface area contributed by atoms with E-state index < -0.39 is 15.6 Å². The molecule has 2 N–H and O–H groups in total. The van der Waals surface area contributed by atoms with Crippen LogP contribution in [0.3, 0.4) is 0 Å². The average molecular weight is 452 g/mol. The molecule has 0 radical (unpaired) electrons. The molecule has 10 heteroatoms. The van der Waals surface area contributed by atoms with Gasteiger partial charge in [0.25, 0.3) is 0 Å². The zero-order chi connectivity index (χ0) is 21.2. The van der Waals surface area contributed by atoms with E-state index in [1.165, 1.54) is 23.3 Å². The van der Waals surface area contributed by atoms with Gasteiger partial charge < -0.3 is 15.3 Å². The molecule has 30 heavy (non-hydrogen) atoms. The number of hydrogen-bond donors (Lipinski definition) is 2. The highest BCUT2D eigenvalue weighted by atomic mass is 35.5. The zero-order valence-electron chi connectivity index (χ0n) is 16.7. The van der Waals surface area contributed by atoms with Crippen LogP contribution in [0.4, 0.5) is 11.6 Å². The highest BCUT2D eigenvalue weighted by Gasteiger charge is 2.38. The van der Waals surface area contributed by atoms with Crippen LogP contribution < -0.4 is 5.32 Å². The predicted molar refractivity (Wildman–Crippen MR) is 115 cm³/mol. The Morgan fingerprint density at radius 2 is 1.73 bits per heavy atom. The number of aliphatic hydroxyl groups is 1. The number of β-amino-alcohol motifs (C(OH)–C–C–N with tert-alkyl or cyclic N) is 1. The summed E-state index contributed by atoms with van der Waals surface area (Å²) in [5, 5.41) is 14.2. The Morgan fingerprint density at radius 3 is 2.37 bits per heavy atom. The second-order valence-electron chi connectivity index (χ2n) is 7.96. The lowest BCUT2D eigenvalue weighted by Gasteiger charge is -2.39. The summed E-state index contributed by atoms with van der Waals surface area (Å²) < 4.78 is 27.5. The monoisotopic (exact) mass is 451 g/mol. The first-order valence-electron chi connectivity index (χ1n) is 10.1. The van der Waals surface area contributed by atoms with Crippen molar-refractivity contribution in [1.82, 2.24) is 19.2 Å². The molecule has 2 saturated heterocycles. The number of piperidine rings is 1. The number of rotatable bonds is 6. The van der Waals surface area contributed by atoms with Gasteiger partial charge in [0.05, 0.1) is 10.5 Å². The fourth-order valence-electron chi connectivity index (χ4n) is 4.04. The molecule has 0 amide bonds. The number of nitrogens with zero attached hydrogens (tertiary/aromatic N) is 4. The number of hydrogen-bond acceptors (Lipinski definition) is 7. The number of aromatic nitrogens is 2. The van der Waals surface area contributed by atoms with Crippen LogP contribution >= 0.6 is 11.6 Å². The van der Waals surface area contributed by atoms with Gasteiger partial charge in [0.15, 0.2) is 0 Å². The molecule has 0 spiro atoms. The Morgan fingerprint density at radius 1 is 1.07 bits per heavy atom. The maximum absolute atomic E-state index is 13.0. The van der Waals surface area contributed by atoms with Crippen LogP contribution in [-0.4, -0.2) is 71.0 Å². The maximum Gasteiger partial charge on any atom is 0.243 e. The van der Waals surface area contributed by atoms with E-state index in [2.05, 4.69) is 20.2 Å². The van der Waals surface area contributed by atoms with Crippen molar-refractivity contribution in [3.63, 3.8) is 0 Å². The molecular formula is C20H26ClN5O3S. The van der Waals surface area contributed by atoms with Crippen LogP contribution in [0.15, 0.2) is 41.4 Å². The number of sulfonamides is 1. The van der Waals surface area contributed by atoms with Gasteiger partial charge in [-0.25, -0.2) is 18.4 Å². The molecule has 1 aromatic carbocycles. The molecule has 2 aliphatic heterocycles. The van der Waals surface area contributed by atoms with Gasteiger partial charge in [0.1, 0.15) is 5.15 Å². The van der Waals surface area contributed by atoms with Gasteiger partial charge in [-0.3, -0.25) is 0 Å². The van der Waals surface area contributed by atoms with Crippen LogP contribution in [0, 0.1) is 0 Å². The Kier molecular flexibility index (Phi) is 6.26. The van der Waals surface area contributed by atoms with Crippen LogP contribution in [0.5, 0.6) is 0 Å². The summed E-state index contributed by atoms with van der Waals surface area (Å²) in [6.45, 7) is 3.31. The Hall–Kier alpha value is -1.78. The van der Waals surface area contributed by atoms with Crippen LogP contribution in [0.2, 0.25) is 5.15 Å². The number of anilines is 2. The van der Waals surface area contributed by atoms with E-state index in [1.54, 1.807) is 30.3 Å². The second kappa shape index (κ2) is 8.76. The minimum absolute atomic E-state index is 0.227. The van der Waals surface area contributed by atoms with Crippen molar-refractivity contribution in [2.75, 3.05) is 38.0 Å². The van der Waals surface area contributed by atoms with E-state index in [9.17, 15) is 13.5 Å². The molecule has 4 rings (SSSR count). The molecular weight excluding hydrogens is 426 g/mol. The first-order valence-corrected chi connectivity index (χ1v) is 12.0. The fourth-order valence-corrected chi connectivity index (χ4v) is 5.62. The molecule has 0 unspecified atom stereocenters. The van der Waals surface area contributed by atoms with Crippen molar-refractivity contribution >= 4 is 33.3 Å². The fraction of sp³-hybridized carbons (Fsp3) is 0.500. The summed E-state index contributed by atoms with van der Waals surface area (Å²) >= 11 is 5.85. The third kappa shape index (κ3) is 4.92. The molecule has 2 fully saturated rings. The minimum Gasteiger partial charge on any atom is -0.388 e. The van der Waals surface area contributed by atoms with Crippen molar-refractivity contribution in [3.05, 3.63) is 41.7 Å². The lowest BCUT2D eigenvalue weighted by atomic mass is 9.92. The van der Waals surface area contributed by atoms with Crippen molar-refractivity contribution in [1.29, 1.82) is 0 Å². The summed E-state index contributed by atoms with van der Waals surface area (Å²) in [4.78, 5) is 10.6. The molecule has 0 aliphatic carbocycles. The van der Waals surface area contributed by atoms with Gasteiger partial charge in [-0.15, -0.1) is 0 Å². The van der Waals surface area contributed by atoms with Crippen LogP contribution in [-0.2, 0) is 10.0 Å². The topological polar surface area (TPSA) is 98.7 Å². The van der Waals surface area contributed by atoms with E-state index in [0.717, 1.165) is 13.1 Å². The number of nitrogens with one attached hydrogen (secondary N) is 1. The first kappa shape index (κ1) is 21.5. The van der Waals surface area contributed by atoms with Crippen LogP contribution in [0.1, 0.15) is 25.7 Å². The Bertz CT molecular complexity index is 972. The molecule has 0 atom stereocenters. The van der Waals surface area contributed by atoms with E-state index in [1.807, 2.05) is 0 Å². The third-order valence-electron chi connectivity index (χ3n) is 5.74. The van der Waals surface area contributed by atoms with Gasteiger partial charge in [0.2, 0.25) is 16.0 Å². The molecule has 1 aromatic heterocycles. The molecule has 0 saturated carbocycles. The summed E-state index contributed by atoms with van der Waals surface area (Å²) in [5.74, 6) is 0.339. The van der Waals surface area contributed by atoms with E-state index in [4.69, 9.17) is 11.6 Å². The average Bonchev–Trinajstić information content (AvgIpc) is 3.21. The molecule has 3 heterocycles. The molecule has 2 aliphatic rings. The lowest BCUT2D eigenvalue weighted by Crippen LogP contribution is -2.51. The number of halogens is 1. The van der Waals surface area contributed by atoms with Gasteiger partial charge in [0, 0.05) is 31.5 Å². The van der Waals surface area contributed by atoms with Gasteiger partial charge in [-0.05, 0) is 69.1 Å². The smallest absolute Gasteiger partial charge is 0.243 e. The Balaban J connectivity index is 1.38. The molecule has 162 valence electrons. The minimum atomic E-state index is -3.61. The van der Waals surface area contributed by atoms with Gasteiger partial charge >= 0.3 is 0 Å². The van der Waals surface area contributed by atoms with Crippen molar-refractivity contribution in [3.8, 4) is 0 Å². The second-order valence-corrected chi connectivity index (χ2v) is 10.3. The van der Waals surface area contributed by atoms with E-state index in [0.29, 0.717) is 49.3 Å². The molecule has 8 nitrogen and oxygen atoms in total. The summed E-state index contributed by atoms with van der Waals surface area (Å²) in [6, 6.07) is 8.04. The first-order chi connectivity index (χ1) is 14.3. The predicted octanol–water partition coefficient (Wildman–Crippen LogP) is 2.49. The van der Waals surface area contributed by atoms with Gasteiger partial charge in [-0.2, -0.15) is 4.31 Å². The third-order valence-corrected chi connectivity index (χ3v) is 7.86. The quantitative estimate of drug-likeness (QED) is 0.651. The lowest BCUT2D eigenvalue weighted by molar-refractivity contribution is -0.0284. The summed E-state index contributed by atoms with van der Waals surface area (Å²) in [6.07, 6.45) is 4.79. The Labute approximate surface area is 181 Å². The summed E-state index contributed by atoms with van der Waals surface area (Å²) in [7, 11) is -3.61.